The summed E-state index contributed by atoms with van der Waals surface area (Å²) in [6.07, 6.45) is 6.19. The number of amides is 1. The van der Waals surface area contributed by atoms with Gasteiger partial charge in [0.05, 0.1) is 5.56 Å². The lowest BCUT2D eigenvalue weighted by Gasteiger charge is -2.16. The van der Waals surface area contributed by atoms with Crippen molar-refractivity contribution in [2.45, 2.75) is 32.2 Å². The van der Waals surface area contributed by atoms with Crippen molar-refractivity contribution in [1.29, 1.82) is 0 Å². The van der Waals surface area contributed by atoms with Gasteiger partial charge in [-0.1, -0.05) is 12.1 Å². The fourth-order valence-electron chi connectivity index (χ4n) is 3.29. The molecule has 7 heteroatoms. The van der Waals surface area contributed by atoms with Crippen LogP contribution in [0.1, 0.15) is 35.2 Å². The summed E-state index contributed by atoms with van der Waals surface area (Å²) >= 11 is 0. The molecule has 1 aliphatic rings. The van der Waals surface area contributed by atoms with Gasteiger partial charge in [0, 0.05) is 26.1 Å². The number of carbonyl (C=O) groups excluding carboxylic acids is 1. The Morgan fingerprint density at radius 3 is 2.96 bits per heavy atom. The predicted octanol–water partition coefficient (Wildman–Crippen LogP) is 1.85. The molecule has 0 unspecified atom stereocenters. The molecule has 1 amide bonds. The van der Waals surface area contributed by atoms with Crippen molar-refractivity contribution in [3.63, 3.8) is 0 Å². The van der Waals surface area contributed by atoms with Gasteiger partial charge in [-0.3, -0.25) is 9.48 Å². The minimum atomic E-state index is -0.905. The van der Waals surface area contributed by atoms with Crippen LogP contribution in [0.2, 0.25) is 0 Å². The van der Waals surface area contributed by atoms with Crippen LogP contribution < -0.4 is 0 Å². The summed E-state index contributed by atoms with van der Waals surface area (Å²) in [7, 11) is 0. The van der Waals surface area contributed by atoms with Crippen molar-refractivity contribution in [3.8, 4) is 0 Å². The highest BCUT2D eigenvalue weighted by atomic mass is 16.4. The van der Waals surface area contributed by atoms with E-state index in [1.807, 2.05) is 11.0 Å². The van der Waals surface area contributed by atoms with Gasteiger partial charge in [0.2, 0.25) is 5.91 Å². The number of benzene rings is 1. The molecule has 1 aliphatic heterocycles. The first-order valence-corrected chi connectivity index (χ1v) is 8.54. The molecule has 1 saturated heterocycles. The van der Waals surface area contributed by atoms with Crippen LogP contribution in [0.25, 0.3) is 0 Å². The number of aromatic carboxylic acids is 1. The van der Waals surface area contributed by atoms with E-state index in [0.29, 0.717) is 24.4 Å². The molecule has 0 bridgehead atoms. The lowest BCUT2D eigenvalue weighted by Crippen LogP contribution is -2.29. The number of carboxylic acids is 1. The summed E-state index contributed by atoms with van der Waals surface area (Å²) < 4.78 is 1.73. The van der Waals surface area contributed by atoms with Gasteiger partial charge in [-0.05, 0) is 42.9 Å². The van der Waals surface area contributed by atoms with Crippen LogP contribution in [-0.2, 0) is 17.8 Å². The third-order valence-electron chi connectivity index (χ3n) is 4.58. The van der Waals surface area contributed by atoms with Crippen molar-refractivity contribution >= 4 is 11.9 Å². The molecular formula is C18H22N4O3. The molecule has 1 aromatic carbocycles. The van der Waals surface area contributed by atoms with Crippen molar-refractivity contribution in [2.24, 2.45) is 5.92 Å². The van der Waals surface area contributed by atoms with Crippen LogP contribution >= 0.6 is 0 Å². The van der Waals surface area contributed by atoms with Crippen molar-refractivity contribution in [1.82, 2.24) is 19.7 Å². The molecule has 25 heavy (non-hydrogen) atoms. The van der Waals surface area contributed by atoms with Gasteiger partial charge in [0.15, 0.2) is 0 Å². The lowest BCUT2D eigenvalue weighted by molar-refractivity contribution is -0.130. The average molecular weight is 342 g/mol. The van der Waals surface area contributed by atoms with E-state index < -0.39 is 5.97 Å². The number of aryl methyl sites for hydroxylation is 1. The Morgan fingerprint density at radius 2 is 2.20 bits per heavy atom. The standard InChI is InChI=1S/C18H22N4O3/c23-17(5-2-7-22-13-19-12-20-22)21-8-6-15(11-21)9-14-3-1-4-16(10-14)18(24)25/h1,3-4,10,12-13,15H,2,5-9,11H2,(H,24,25)/t15-/m1/s1. The largest absolute Gasteiger partial charge is 0.478 e. The fourth-order valence-corrected chi connectivity index (χ4v) is 3.29. The smallest absolute Gasteiger partial charge is 0.335 e. The zero-order valence-corrected chi connectivity index (χ0v) is 14.0. The molecule has 0 saturated carbocycles. The molecule has 1 aromatic heterocycles. The van der Waals surface area contributed by atoms with Crippen molar-refractivity contribution in [3.05, 3.63) is 48.0 Å². The average Bonchev–Trinajstić information content (AvgIpc) is 3.27. The van der Waals surface area contributed by atoms with E-state index in [1.54, 1.807) is 29.2 Å². The molecule has 3 rings (SSSR count). The summed E-state index contributed by atoms with van der Waals surface area (Å²) in [4.78, 5) is 29.2. The molecule has 0 aliphatic carbocycles. The summed E-state index contributed by atoms with van der Waals surface area (Å²) in [6, 6.07) is 7.06. The van der Waals surface area contributed by atoms with Gasteiger partial charge in [0.1, 0.15) is 12.7 Å². The molecule has 2 heterocycles. The van der Waals surface area contributed by atoms with E-state index in [-0.39, 0.29) is 5.91 Å². The molecule has 1 fully saturated rings. The number of hydrogen-bond donors (Lipinski definition) is 1. The number of carboxylic acid groups (broad SMARTS) is 1. The summed E-state index contributed by atoms with van der Waals surface area (Å²) in [5, 5.41) is 13.1. The molecule has 1 N–H and O–H groups in total. The Kier molecular flexibility index (Phi) is 5.42. The summed E-state index contributed by atoms with van der Waals surface area (Å²) in [5.41, 5.74) is 1.34. The Bertz CT molecular complexity index is 730. The summed E-state index contributed by atoms with van der Waals surface area (Å²) in [6.45, 7) is 2.23. The molecule has 1 atom stereocenters. The van der Waals surface area contributed by atoms with Gasteiger partial charge >= 0.3 is 5.97 Å². The van der Waals surface area contributed by atoms with E-state index in [1.165, 1.54) is 6.33 Å². The molecule has 7 nitrogen and oxygen atoms in total. The molecular weight excluding hydrogens is 320 g/mol. The van der Waals surface area contributed by atoms with Gasteiger partial charge in [-0.2, -0.15) is 5.10 Å². The third-order valence-corrected chi connectivity index (χ3v) is 4.58. The van der Waals surface area contributed by atoms with Crippen LogP contribution in [0, 0.1) is 5.92 Å². The van der Waals surface area contributed by atoms with Gasteiger partial charge in [-0.15, -0.1) is 0 Å². The molecule has 0 spiro atoms. The number of carbonyl (C=O) groups is 2. The number of aromatic nitrogens is 3. The third kappa shape index (κ3) is 4.65. The van der Waals surface area contributed by atoms with Gasteiger partial charge in [0.25, 0.3) is 0 Å². The first-order valence-electron chi connectivity index (χ1n) is 8.54. The minimum Gasteiger partial charge on any atom is -0.478 e. The lowest BCUT2D eigenvalue weighted by atomic mass is 9.97. The van der Waals surface area contributed by atoms with Gasteiger partial charge < -0.3 is 10.0 Å². The first kappa shape index (κ1) is 17.1. The van der Waals surface area contributed by atoms with E-state index in [4.69, 9.17) is 5.11 Å². The highest BCUT2D eigenvalue weighted by molar-refractivity contribution is 5.87. The Labute approximate surface area is 146 Å². The minimum absolute atomic E-state index is 0.182. The zero-order chi connectivity index (χ0) is 17.6. The number of likely N-dealkylation sites (tertiary alicyclic amines) is 1. The Morgan fingerprint density at radius 1 is 1.32 bits per heavy atom. The zero-order valence-electron chi connectivity index (χ0n) is 14.0. The van der Waals surface area contributed by atoms with Crippen LogP contribution in [-0.4, -0.2) is 49.7 Å². The first-order chi connectivity index (χ1) is 12.1. The normalized spacial score (nSPS) is 17.0. The van der Waals surface area contributed by atoms with Crippen molar-refractivity contribution in [2.75, 3.05) is 13.1 Å². The van der Waals surface area contributed by atoms with Crippen molar-refractivity contribution < 1.29 is 14.7 Å². The number of rotatable bonds is 7. The Balaban J connectivity index is 1.45. The second-order valence-corrected chi connectivity index (χ2v) is 6.47. The maximum absolute atomic E-state index is 12.3. The topological polar surface area (TPSA) is 88.3 Å². The highest BCUT2D eigenvalue weighted by Gasteiger charge is 2.26. The highest BCUT2D eigenvalue weighted by Crippen LogP contribution is 2.22. The number of hydrogen-bond acceptors (Lipinski definition) is 4. The SMILES string of the molecule is O=C(O)c1cccc(C[C@H]2CCN(C(=O)CCCn3cncn3)C2)c1. The maximum atomic E-state index is 12.3. The van der Waals surface area contributed by atoms with E-state index in [0.717, 1.165) is 37.9 Å². The van der Waals surface area contributed by atoms with Crippen LogP contribution in [0.4, 0.5) is 0 Å². The quantitative estimate of drug-likeness (QED) is 0.829. The number of nitrogens with zero attached hydrogens (tertiary/aromatic N) is 4. The van der Waals surface area contributed by atoms with Crippen LogP contribution in [0.15, 0.2) is 36.9 Å². The summed E-state index contributed by atoms with van der Waals surface area (Å²) in [5.74, 6) is -0.331. The second kappa shape index (κ2) is 7.92. The van der Waals surface area contributed by atoms with Crippen LogP contribution in [0.3, 0.4) is 0 Å². The molecule has 2 aromatic rings. The predicted molar refractivity (Wildman–Crippen MR) is 91.0 cm³/mol. The van der Waals surface area contributed by atoms with E-state index in [9.17, 15) is 9.59 Å². The molecule has 132 valence electrons. The Hall–Kier alpha value is -2.70. The van der Waals surface area contributed by atoms with E-state index >= 15 is 0 Å². The molecule has 0 radical (unpaired) electrons. The fraction of sp³-hybridized carbons (Fsp3) is 0.444. The monoisotopic (exact) mass is 342 g/mol. The van der Waals surface area contributed by atoms with Gasteiger partial charge in [-0.25, -0.2) is 9.78 Å². The maximum Gasteiger partial charge on any atom is 0.335 e. The second-order valence-electron chi connectivity index (χ2n) is 6.47. The van der Waals surface area contributed by atoms with E-state index in [2.05, 4.69) is 10.1 Å². The van der Waals surface area contributed by atoms with Crippen LogP contribution in [0.5, 0.6) is 0 Å².